The highest BCUT2D eigenvalue weighted by atomic mass is 35.5. The van der Waals surface area contributed by atoms with Crippen LogP contribution >= 0.6 is 23.2 Å². The molecule has 0 spiro atoms. The van der Waals surface area contributed by atoms with Crippen LogP contribution in [0.4, 0.5) is 4.79 Å². The number of ether oxygens (including phenoxy) is 1. The van der Waals surface area contributed by atoms with Crippen molar-refractivity contribution < 1.29 is 14.6 Å². The second-order valence-corrected chi connectivity index (χ2v) is 5.43. The Morgan fingerprint density at radius 2 is 1.95 bits per heavy atom. The Labute approximate surface area is 123 Å². The van der Waals surface area contributed by atoms with Gasteiger partial charge in [0.2, 0.25) is 5.43 Å². The van der Waals surface area contributed by atoms with Gasteiger partial charge in [-0.15, -0.1) is 0 Å². The van der Waals surface area contributed by atoms with E-state index in [2.05, 4.69) is 4.74 Å². The summed E-state index contributed by atoms with van der Waals surface area (Å²) in [7, 11) is 0. The summed E-state index contributed by atoms with van der Waals surface area (Å²) in [4.78, 5) is 22.9. The summed E-state index contributed by atoms with van der Waals surface area (Å²) in [5, 5.41) is 9.57. The summed E-state index contributed by atoms with van der Waals surface area (Å²) in [5.41, 5.74) is 0.113. The van der Waals surface area contributed by atoms with E-state index in [0.717, 1.165) is 12.8 Å². The predicted molar refractivity (Wildman–Crippen MR) is 75.2 cm³/mol. The van der Waals surface area contributed by atoms with Crippen molar-refractivity contribution in [2.45, 2.75) is 18.9 Å². The Hall–Kier alpha value is -1.72. The Morgan fingerprint density at radius 1 is 1.30 bits per heavy atom. The van der Waals surface area contributed by atoms with Gasteiger partial charge in [0.1, 0.15) is 0 Å². The zero-order valence-corrected chi connectivity index (χ0v) is 11.6. The molecule has 1 aliphatic carbocycles. The van der Waals surface area contributed by atoms with E-state index in [0.29, 0.717) is 15.9 Å². The summed E-state index contributed by atoms with van der Waals surface area (Å²) >= 11 is 11.9. The maximum absolute atomic E-state index is 12.2. The number of hydrogen-bond donors (Lipinski definition) is 1. The van der Waals surface area contributed by atoms with E-state index in [1.54, 1.807) is 6.07 Å². The minimum atomic E-state index is -1.52. The largest absolute Gasteiger partial charge is 0.511 e. The van der Waals surface area contributed by atoms with Gasteiger partial charge in [-0.25, -0.2) is 4.79 Å². The number of halogens is 2. The summed E-state index contributed by atoms with van der Waals surface area (Å²) in [5.74, 6) is -0.227. The number of rotatable bonds is 2. The quantitative estimate of drug-likeness (QED) is 0.858. The number of pyridine rings is 1. The fourth-order valence-electron chi connectivity index (χ4n) is 2.14. The summed E-state index contributed by atoms with van der Waals surface area (Å²) in [6, 6.07) is 3.28. The zero-order valence-electron chi connectivity index (χ0n) is 10.1. The average molecular weight is 314 g/mol. The van der Waals surface area contributed by atoms with Gasteiger partial charge in [0.15, 0.2) is 5.75 Å². The van der Waals surface area contributed by atoms with Crippen molar-refractivity contribution in [2.75, 3.05) is 0 Å². The fourth-order valence-corrected chi connectivity index (χ4v) is 2.46. The molecule has 0 aliphatic heterocycles. The second-order valence-electron chi connectivity index (χ2n) is 4.61. The van der Waals surface area contributed by atoms with Crippen molar-refractivity contribution >= 4 is 40.3 Å². The van der Waals surface area contributed by atoms with Crippen LogP contribution in [0.2, 0.25) is 10.0 Å². The third kappa shape index (κ3) is 2.23. The van der Waals surface area contributed by atoms with E-state index in [-0.39, 0.29) is 16.8 Å². The molecule has 2 aromatic rings. The lowest BCUT2D eigenvalue weighted by Gasteiger charge is -2.12. The Kier molecular flexibility index (Phi) is 3.11. The molecule has 1 N–H and O–H groups in total. The van der Waals surface area contributed by atoms with Gasteiger partial charge in [-0.3, -0.25) is 4.79 Å². The SMILES string of the molecule is O=C(O)Oc1cn(C2CC2)c2cc(Cl)c(Cl)cc2c1=O. The molecule has 104 valence electrons. The monoisotopic (exact) mass is 313 g/mol. The number of carbonyl (C=O) groups is 1. The van der Waals surface area contributed by atoms with Crippen molar-refractivity contribution in [3.8, 4) is 5.75 Å². The van der Waals surface area contributed by atoms with Crippen LogP contribution in [0.25, 0.3) is 10.9 Å². The standard InChI is InChI=1S/C13H9Cl2NO4/c14-8-3-7-10(4-9(8)15)16(6-1-2-6)5-11(12(7)17)20-13(18)19/h3-6H,1-2H2,(H,18,19). The van der Waals surface area contributed by atoms with E-state index >= 15 is 0 Å². The molecule has 7 heteroatoms. The van der Waals surface area contributed by atoms with Crippen molar-refractivity contribution in [2.24, 2.45) is 0 Å². The molecule has 1 aliphatic rings. The van der Waals surface area contributed by atoms with E-state index in [9.17, 15) is 9.59 Å². The van der Waals surface area contributed by atoms with Crippen molar-refractivity contribution in [1.29, 1.82) is 0 Å². The van der Waals surface area contributed by atoms with E-state index in [1.807, 2.05) is 4.57 Å². The number of nitrogens with zero attached hydrogens (tertiary/aromatic N) is 1. The first-order chi connectivity index (χ1) is 9.47. The maximum atomic E-state index is 12.2. The molecule has 0 bridgehead atoms. The maximum Gasteiger partial charge on any atom is 0.511 e. The third-order valence-corrected chi connectivity index (χ3v) is 3.90. The topological polar surface area (TPSA) is 68.5 Å². The first-order valence-electron chi connectivity index (χ1n) is 5.92. The molecule has 20 heavy (non-hydrogen) atoms. The smallest absolute Gasteiger partial charge is 0.449 e. The van der Waals surface area contributed by atoms with Crippen LogP contribution < -0.4 is 10.2 Å². The van der Waals surface area contributed by atoms with Crippen molar-refractivity contribution in [3.05, 3.63) is 38.6 Å². The summed E-state index contributed by atoms with van der Waals surface area (Å²) in [6.45, 7) is 0. The van der Waals surface area contributed by atoms with Crippen LogP contribution in [0, 0.1) is 0 Å². The minimum absolute atomic E-state index is 0.227. The molecular weight excluding hydrogens is 305 g/mol. The molecule has 0 saturated heterocycles. The molecular formula is C13H9Cl2NO4. The summed E-state index contributed by atoms with van der Waals surface area (Å²) < 4.78 is 6.37. The highest BCUT2D eigenvalue weighted by Gasteiger charge is 2.26. The van der Waals surface area contributed by atoms with Gasteiger partial charge in [0.25, 0.3) is 0 Å². The number of benzene rings is 1. The van der Waals surface area contributed by atoms with Gasteiger partial charge in [0, 0.05) is 6.04 Å². The number of aromatic nitrogens is 1. The lowest BCUT2D eigenvalue weighted by Crippen LogP contribution is -2.16. The third-order valence-electron chi connectivity index (χ3n) is 3.18. The van der Waals surface area contributed by atoms with E-state index < -0.39 is 11.6 Å². The van der Waals surface area contributed by atoms with Gasteiger partial charge in [-0.05, 0) is 25.0 Å². The predicted octanol–water partition coefficient (Wildman–Crippen LogP) is 3.70. The Bertz CT molecular complexity index is 780. The highest BCUT2D eigenvalue weighted by molar-refractivity contribution is 6.42. The van der Waals surface area contributed by atoms with Gasteiger partial charge in [-0.2, -0.15) is 0 Å². The van der Waals surface area contributed by atoms with Gasteiger partial charge in [-0.1, -0.05) is 23.2 Å². The molecule has 0 radical (unpaired) electrons. The van der Waals surface area contributed by atoms with Crippen molar-refractivity contribution in [1.82, 2.24) is 4.57 Å². The Balaban J connectivity index is 2.33. The first-order valence-corrected chi connectivity index (χ1v) is 6.67. The molecule has 3 rings (SSSR count). The Morgan fingerprint density at radius 3 is 2.55 bits per heavy atom. The van der Waals surface area contributed by atoms with Crippen LogP contribution in [0.3, 0.4) is 0 Å². The highest BCUT2D eigenvalue weighted by Crippen LogP contribution is 2.39. The molecule has 0 amide bonds. The van der Waals surface area contributed by atoms with Crippen LogP contribution in [-0.2, 0) is 0 Å². The van der Waals surface area contributed by atoms with Crippen LogP contribution in [0.5, 0.6) is 5.75 Å². The van der Waals surface area contributed by atoms with Gasteiger partial charge < -0.3 is 14.4 Å². The molecule has 5 nitrogen and oxygen atoms in total. The molecule has 1 aromatic heterocycles. The molecule has 1 fully saturated rings. The molecule has 1 saturated carbocycles. The summed E-state index contributed by atoms with van der Waals surface area (Å²) in [6.07, 6.45) is 1.82. The lowest BCUT2D eigenvalue weighted by molar-refractivity contribution is 0.143. The van der Waals surface area contributed by atoms with Crippen LogP contribution in [0.15, 0.2) is 23.1 Å². The van der Waals surface area contributed by atoms with Crippen molar-refractivity contribution in [3.63, 3.8) is 0 Å². The second kappa shape index (κ2) is 4.68. The molecule has 1 heterocycles. The molecule has 1 aromatic carbocycles. The normalized spacial score (nSPS) is 14.5. The fraction of sp³-hybridized carbons (Fsp3) is 0.231. The number of fused-ring (bicyclic) bond motifs is 1. The molecule has 0 atom stereocenters. The number of hydrogen-bond acceptors (Lipinski definition) is 3. The van der Waals surface area contributed by atoms with E-state index in [1.165, 1.54) is 12.3 Å². The number of carboxylic acid groups (broad SMARTS) is 1. The van der Waals surface area contributed by atoms with Crippen LogP contribution in [0.1, 0.15) is 18.9 Å². The minimum Gasteiger partial charge on any atom is -0.449 e. The lowest BCUT2D eigenvalue weighted by atomic mass is 10.2. The van der Waals surface area contributed by atoms with Crippen LogP contribution in [-0.4, -0.2) is 15.8 Å². The van der Waals surface area contributed by atoms with E-state index in [4.69, 9.17) is 28.3 Å². The van der Waals surface area contributed by atoms with Gasteiger partial charge >= 0.3 is 6.16 Å². The molecule has 0 unspecified atom stereocenters. The first kappa shape index (κ1) is 13.3. The average Bonchev–Trinajstić information content (AvgIpc) is 3.19. The zero-order chi connectivity index (χ0) is 14.4. The van der Waals surface area contributed by atoms with Gasteiger partial charge in [0.05, 0.1) is 27.1 Å².